The first-order valence-electron chi connectivity index (χ1n) is 5.90. The number of nitrogens with two attached hydrogens (primary N) is 1. The lowest BCUT2D eigenvalue weighted by molar-refractivity contribution is 0.392. The van der Waals surface area contributed by atoms with Gasteiger partial charge < -0.3 is 15.6 Å². The number of hydrogen-bond donors (Lipinski definition) is 2. The average molecular weight is 246 g/mol. The van der Waals surface area contributed by atoms with Gasteiger partial charge in [-0.15, -0.1) is 0 Å². The minimum atomic E-state index is 0.0498. The van der Waals surface area contributed by atoms with Gasteiger partial charge in [-0.2, -0.15) is 0 Å². The lowest BCUT2D eigenvalue weighted by atomic mass is 10.1. The van der Waals surface area contributed by atoms with Crippen LogP contribution < -0.4 is 11.1 Å². The van der Waals surface area contributed by atoms with Crippen molar-refractivity contribution in [2.24, 2.45) is 0 Å². The summed E-state index contributed by atoms with van der Waals surface area (Å²) in [4.78, 5) is 4.30. The predicted octanol–water partition coefficient (Wildman–Crippen LogP) is 2.75. The van der Waals surface area contributed by atoms with E-state index in [0.29, 0.717) is 11.5 Å². The normalized spacial score (nSPS) is 12.4. The van der Waals surface area contributed by atoms with Crippen LogP contribution in [0.5, 0.6) is 0 Å². The Hall–Kier alpha value is -2.04. The molecular formula is C13H18N4O. The van der Waals surface area contributed by atoms with Gasteiger partial charge in [-0.25, -0.2) is 4.98 Å². The van der Waals surface area contributed by atoms with Crippen LogP contribution in [0, 0.1) is 20.8 Å². The molecule has 18 heavy (non-hydrogen) atoms. The Morgan fingerprint density at radius 1 is 1.33 bits per heavy atom. The maximum atomic E-state index is 5.94. The van der Waals surface area contributed by atoms with E-state index >= 15 is 0 Å². The zero-order chi connectivity index (χ0) is 13.3. The molecule has 0 aromatic carbocycles. The van der Waals surface area contributed by atoms with Crippen LogP contribution in [0.1, 0.15) is 35.5 Å². The number of hydrogen-bond acceptors (Lipinski definition) is 5. The monoisotopic (exact) mass is 246 g/mol. The fourth-order valence-electron chi connectivity index (χ4n) is 2.10. The SMILES string of the molecule is Cc1cnc(NC(C)c2c(C)noc2C)c(N)c1. The van der Waals surface area contributed by atoms with Gasteiger partial charge in [0.05, 0.1) is 17.4 Å². The van der Waals surface area contributed by atoms with Crippen LogP contribution in [0.4, 0.5) is 11.5 Å². The summed E-state index contributed by atoms with van der Waals surface area (Å²) in [5.41, 5.74) is 9.57. The third kappa shape index (κ3) is 2.30. The molecule has 5 nitrogen and oxygen atoms in total. The lowest BCUT2D eigenvalue weighted by Gasteiger charge is -2.16. The molecule has 96 valence electrons. The lowest BCUT2D eigenvalue weighted by Crippen LogP contribution is -2.11. The highest BCUT2D eigenvalue weighted by atomic mass is 16.5. The van der Waals surface area contributed by atoms with E-state index in [2.05, 4.69) is 15.5 Å². The number of nitrogens with zero attached hydrogens (tertiary/aromatic N) is 2. The molecule has 2 aromatic heterocycles. The zero-order valence-corrected chi connectivity index (χ0v) is 11.1. The number of nitrogen functional groups attached to an aromatic ring is 1. The molecule has 3 N–H and O–H groups in total. The van der Waals surface area contributed by atoms with E-state index in [1.165, 1.54) is 0 Å². The van der Waals surface area contributed by atoms with E-state index < -0.39 is 0 Å². The molecule has 0 fully saturated rings. The van der Waals surface area contributed by atoms with E-state index in [-0.39, 0.29) is 6.04 Å². The number of anilines is 2. The molecule has 0 spiro atoms. The molecule has 0 aliphatic carbocycles. The van der Waals surface area contributed by atoms with E-state index in [0.717, 1.165) is 22.6 Å². The Bertz CT molecular complexity index is 543. The molecule has 2 heterocycles. The van der Waals surface area contributed by atoms with E-state index in [4.69, 9.17) is 10.3 Å². The van der Waals surface area contributed by atoms with Gasteiger partial charge in [-0.05, 0) is 39.3 Å². The van der Waals surface area contributed by atoms with Crippen LogP contribution in [0.15, 0.2) is 16.8 Å². The van der Waals surface area contributed by atoms with Crippen LogP contribution in [0.2, 0.25) is 0 Å². The Labute approximate surface area is 106 Å². The minimum Gasteiger partial charge on any atom is -0.396 e. The van der Waals surface area contributed by atoms with Crippen molar-refractivity contribution >= 4 is 11.5 Å². The smallest absolute Gasteiger partial charge is 0.149 e. The van der Waals surface area contributed by atoms with Gasteiger partial charge in [-0.3, -0.25) is 0 Å². The van der Waals surface area contributed by atoms with Gasteiger partial charge in [0, 0.05) is 11.8 Å². The highest BCUT2D eigenvalue weighted by Crippen LogP contribution is 2.26. The van der Waals surface area contributed by atoms with Crippen LogP contribution >= 0.6 is 0 Å². The molecule has 5 heteroatoms. The van der Waals surface area contributed by atoms with E-state index in [1.54, 1.807) is 6.20 Å². The van der Waals surface area contributed by atoms with Gasteiger partial charge in [0.25, 0.3) is 0 Å². The van der Waals surface area contributed by atoms with Crippen LogP contribution in [-0.2, 0) is 0 Å². The first kappa shape index (κ1) is 12.4. The maximum Gasteiger partial charge on any atom is 0.149 e. The van der Waals surface area contributed by atoms with Gasteiger partial charge >= 0.3 is 0 Å². The maximum absolute atomic E-state index is 5.94. The Balaban J connectivity index is 2.24. The summed E-state index contributed by atoms with van der Waals surface area (Å²) in [6, 6.07) is 1.95. The number of aromatic nitrogens is 2. The Morgan fingerprint density at radius 3 is 2.61 bits per heavy atom. The van der Waals surface area contributed by atoms with Crippen molar-refractivity contribution in [1.82, 2.24) is 10.1 Å². The first-order valence-corrected chi connectivity index (χ1v) is 5.90. The van der Waals surface area contributed by atoms with Gasteiger partial charge in [0.15, 0.2) is 0 Å². The molecule has 2 rings (SSSR count). The molecule has 0 amide bonds. The highest BCUT2D eigenvalue weighted by molar-refractivity contribution is 5.62. The molecule has 0 saturated carbocycles. The van der Waals surface area contributed by atoms with Crippen molar-refractivity contribution in [3.05, 3.63) is 34.8 Å². The first-order chi connectivity index (χ1) is 8.49. The fourth-order valence-corrected chi connectivity index (χ4v) is 2.10. The molecule has 0 bridgehead atoms. The largest absolute Gasteiger partial charge is 0.396 e. The summed E-state index contributed by atoms with van der Waals surface area (Å²) in [5.74, 6) is 1.51. The van der Waals surface area contributed by atoms with E-state index in [1.807, 2.05) is 33.8 Å². The van der Waals surface area contributed by atoms with Gasteiger partial charge in [0.2, 0.25) is 0 Å². The zero-order valence-electron chi connectivity index (χ0n) is 11.1. The van der Waals surface area contributed by atoms with Crippen molar-refractivity contribution < 1.29 is 4.52 Å². The van der Waals surface area contributed by atoms with Gasteiger partial charge in [-0.1, -0.05) is 5.16 Å². The quantitative estimate of drug-likeness (QED) is 0.870. The number of nitrogens with one attached hydrogen (secondary N) is 1. The second-order valence-electron chi connectivity index (χ2n) is 4.55. The summed E-state index contributed by atoms with van der Waals surface area (Å²) in [7, 11) is 0. The third-order valence-electron chi connectivity index (χ3n) is 2.93. The number of rotatable bonds is 3. The second kappa shape index (κ2) is 4.68. The van der Waals surface area contributed by atoms with Crippen molar-refractivity contribution in [3.8, 4) is 0 Å². The minimum absolute atomic E-state index is 0.0498. The van der Waals surface area contributed by atoms with Crippen LogP contribution in [0.25, 0.3) is 0 Å². The molecular weight excluding hydrogens is 228 g/mol. The van der Waals surface area contributed by atoms with Crippen molar-refractivity contribution in [1.29, 1.82) is 0 Å². The molecule has 2 aromatic rings. The standard InChI is InChI=1S/C13H18N4O/c1-7-5-11(14)13(15-6-7)16-8(2)12-9(3)17-18-10(12)4/h5-6,8H,14H2,1-4H3,(H,15,16). The predicted molar refractivity (Wildman–Crippen MR) is 71.4 cm³/mol. The summed E-state index contributed by atoms with van der Waals surface area (Å²) >= 11 is 0. The molecule has 0 aliphatic rings. The molecule has 1 atom stereocenters. The van der Waals surface area contributed by atoms with Crippen molar-refractivity contribution in [3.63, 3.8) is 0 Å². The third-order valence-corrected chi connectivity index (χ3v) is 2.93. The Kier molecular flexibility index (Phi) is 3.23. The molecule has 0 radical (unpaired) electrons. The Morgan fingerprint density at radius 2 is 2.06 bits per heavy atom. The number of pyridine rings is 1. The van der Waals surface area contributed by atoms with E-state index in [9.17, 15) is 0 Å². The van der Waals surface area contributed by atoms with Crippen molar-refractivity contribution in [2.45, 2.75) is 33.7 Å². The summed E-state index contributed by atoms with van der Waals surface area (Å²) in [6.45, 7) is 7.83. The molecule has 0 aliphatic heterocycles. The average Bonchev–Trinajstić information content (AvgIpc) is 2.62. The molecule has 0 saturated heterocycles. The fraction of sp³-hybridized carbons (Fsp3) is 0.385. The van der Waals surface area contributed by atoms with Crippen LogP contribution in [0.3, 0.4) is 0 Å². The summed E-state index contributed by atoms with van der Waals surface area (Å²) in [5, 5.41) is 7.23. The summed E-state index contributed by atoms with van der Waals surface area (Å²) in [6.07, 6.45) is 1.79. The van der Waals surface area contributed by atoms with Crippen LogP contribution in [-0.4, -0.2) is 10.1 Å². The highest BCUT2D eigenvalue weighted by Gasteiger charge is 2.17. The topological polar surface area (TPSA) is 77.0 Å². The summed E-state index contributed by atoms with van der Waals surface area (Å²) < 4.78 is 5.16. The van der Waals surface area contributed by atoms with Gasteiger partial charge in [0.1, 0.15) is 11.6 Å². The number of aryl methyl sites for hydroxylation is 3. The van der Waals surface area contributed by atoms with Crippen molar-refractivity contribution in [2.75, 3.05) is 11.1 Å². The molecule has 1 unspecified atom stereocenters. The second-order valence-corrected chi connectivity index (χ2v) is 4.55.